The molecular formula is C22H26N4O2. The largest absolute Gasteiger partial charge is 0.390 e. The number of nitrogens with zero attached hydrogens (tertiary/aromatic N) is 4. The maximum absolute atomic E-state index is 9.98. The van der Waals surface area contributed by atoms with Crippen molar-refractivity contribution in [2.45, 2.75) is 25.9 Å². The highest BCUT2D eigenvalue weighted by Crippen LogP contribution is 2.40. The summed E-state index contributed by atoms with van der Waals surface area (Å²) in [6, 6.07) is 10.4. The molecule has 1 spiro atoms. The standard InChI is InChI=1S/C22H26N4O2/c1-25-19-5-3-2-4-16(19)12-20(25)17-13-23-21(18(14-27)24-17)26-9-6-22(7-10-26)8-11-28-15-22/h2-5,12-13,27H,6-11,14-15H2,1H3. The molecule has 5 rings (SSSR count). The summed E-state index contributed by atoms with van der Waals surface area (Å²) >= 11 is 0. The molecule has 1 N–H and O–H groups in total. The van der Waals surface area contributed by atoms with E-state index in [0.29, 0.717) is 11.1 Å². The maximum atomic E-state index is 9.98. The number of para-hydroxylation sites is 1. The van der Waals surface area contributed by atoms with E-state index in [2.05, 4.69) is 27.7 Å². The quantitative estimate of drug-likeness (QED) is 0.759. The van der Waals surface area contributed by atoms with Crippen LogP contribution < -0.4 is 4.90 Å². The number of aryl methyl sites for hydroxylation is 1. The molecule has 0 aliphatic carbocycles. The van der Waals surface area contributed by atoms with Gasteiger partial charge in [0.15, 0.2) is 5.82 Å². The molecule has 28 heavy (non-hydrogen) atoms. The van der Waals surface area contributed by atoms with Crippen LogP contribution in [0.3, 0.4) is 0 Å². The van der Waals surface area contributed by atoms with Crippen molar-refractivity contribution in [1.82, 2.24) is 14.5 Å². The summed E-state index contributed by atoms with van der Waals surface area (Å²) in [6.07, 6.45) is 5.24. The first-order valence-electron chi connectivity index (χ1n) is 10.0. The van der Waals surface area contributed by atoms with Gasteiger partial charge in [0, 0.05) is 37.6 Å². The molecule has 2 aliphatic heterocycles. The van der Waals surface area contributed by atoms with Crippen molar-refractivity contribution >= 4 is 16.7 Å². The molecule has 0 radical (unpaired) electrons. The molecule has 146 valence electrons. The van der Waals surface area contributed by atoms with Crippen molar-refractivity contribution in [3.63, 3.8) is 0 Å². The average molecular weight is 378 g/mol. The predicted octanol–water partition coefficient (Wildman–Crippen LogP) is 3.13. The number of piperidine rings is 1. The molecular weight excluding hydrogens is 352 g/mol. The number of rotatable bonds is 3. The second-order valence-corrected chi connectivity index (χ2v) is 8.12. The van der Waals surface area contributed by atoms with E-state index in [1.807, 2.05) is 25.4 Å². The third kappa shape index (κ3) is 2.88. The molecule has 4 heterocycles. The number of hydrogen-bond acceptors (Lipinski definition) is 5. The molecule has 2 fully saturated rings. The van der Waals surface area contributed by atoms with E-state index in [4.69, 9.17) is 14.7 Å². The van der Waals surface area contributed by atoms with E-state index in [9.17, 15) is 5.11 Å². The van der Waals surface area contributed by atoms with Crippen molar-refractivity contribution in [3.8, 4) is 11.4 Å². The molecule has 0 bridgehead atoms. The molecule has 6 heteroatoms. The number of aliphatic hydroxyl groups is 1. The van der Waals surface area contributed by atoms with Crippen molar-refractivity contribution < 1.29 is 9.84 Å². The summed E-state index contributed by atoms with van der Waals surface area (Å²) in [7, 11) is 2.04. The third-order valence-corrected chi connectivity index (χ3v) is 6.50. The van der Waals surface area contributed by atoms with Gasteiger partial charge in [-0.1, -0.05) is 18.2 Å². The van der Waals surface area contributed by atoms with Crippen molar-refractivity contribution in [2.24, 2.45) is 12.5 Å². The Labute approximate surface area is 164 Å². The number of benzene rings is 1. The van der Waals surface area contributed by atoms with Crippen LogP contribution in [0.1, 0.15) is 25.0 Å². The summed E-state index contributed by atoms with van der Waals surface area (Å²) in [5.74, 6) is 0.818. The van der Waals surface area contributed by atoms with Gasteiger partial charge in [-0.2, -0.15) is 0 Å². The van der Waals surface area contributed by atoms with E-state index in [1.165, 1.54) is 11.8 Å². The molecule has 0 atom stereocenters. The molecule has 0 amide bonds. The molecule has 2 aliphatic rings. The van der Waals surface area contributed by atoms with Crippen LogP contribution in [0, 0.1) is 5.41 Å². The Morgan fingerprint density at radius 2 is 2.00 bits per heavy atom. The van der Waals surface area contributed by atoms with Gasteiger partial charge in [0.25, 0.3) is 0 Å². The normalized spacial score (nSPS) is 19.0. The topological polar surface area (TPSA) is 63.4 Å². The third-order valence-electron chi connectivity index (χ3n) is 6.50. The van der Waals surface area contributed by atoms with E-state index >= 15 is 0 Å². The fourth-order valence-electron chi connectivity index (χ4n) is 4.69. The first-order chi connectivity index (χ1) is 13.7. The Balaban J connectivity index is 1.44. The van der Waals surface area contributed by atoms with Crippen LogP contribution in [0.5, 0.6) is 0 Å². The lowest BCUT2D eigenvalue weighted by Crippen LogP contribution is -2.41. The Kier molecular flexibility index (Phi) is 4.33. The highest BCUT2D eigenvalue weighted by atomic mass is 16.5. The number of anilines is 1. The molecule has 6 nitrogen and oxygen atoms in total. The lowest BCUT2D eigenvalue weighted by molar-refractivity contribution is 0.133. The van der Waals surface area contributed by atoms with Gasteiger partial charge in [-0.25, -0.2) is 9.97 Å². The number of fused-ring (bicyclic) bond motifs is 1. The summed E-state index contributed by atoms with van der Waals surface area (Å²) in [5.41, 5.74) is 3.97. The van der Waals surface area contributed by atoms with Crippen molar-refractivity contribution in [1.29, 1.82) is 0 Å². The Hall–Kier alpha value is -2.44. The highest BCUT2D eigenvalue weighted by Gasteiger charge is 2.38. The minimum absolute atomic E-state index is 0.106. The maximum Gasteiger partial charge on any atom is 0.152 e. The first-order valence-corrected chi connectivity index (χ1v) is 10.0. The molecule has 2 aromatic heterocycles. The molecule has 2 saturated heterocycles. The fraction of sp³-hybridized carbons (Fsp3) is 0.455. The predicted molar refractivity (Wildman–Crippen MR) is 109 cm³/mol. The second-order valence-electron chi connectivity index (χ2n) is 8.12. The van der Waals surface area contributed by atoms with Crippen LogP contribution >= 0.6 is 0 Å². The summed E-state index contributed by atoms with van der Waals surface area (Å²) < 4.78 is 7.77. The minimum atomic E-state index is -0.106. The zero-order valence-electron chi connectivity index (χ0n) is 16.3. The number of ether oxygens (including phenoxy) is 1. The lowest BCUT2D eigenvalue weighted by atomic mass is 9.78. The average Bonchev–Trinajstić information content (AvgIpc) is 3.33. The van der Waals surface area contributed by atoms with Crippen molar-refractivity contribution in [3.05, 3.63) is 42.2 Å². The van der Waals surface area contributed by atoms with Gasteiger partial charge in [0.2, 0.25) is 0 Å². The molecule has 1 aromatic carbocycles. The van der Waals surface area contributed by atoms with E-state index in [0.717, 1.165) is 61.9 Å². The summed E-state index contributed by atoms with van der Waals surface area (Å²) in [5, 5.41) is 11.2. The number of hydrogen-bond donors (Lipinski definition) is 1. The molecule has 3 aromatic rings. The van der Waals surface area contributed by atoms with Gasteiger partial charge < -0.3 is 19.3 Å². The monoisotopic (exact) mass is 378 g/mol. The van der Waals surface area contributed by atoms with Crippen LogP contribution in [0.4, 0.5) is 5.82 Å². The van der Waals surface area contributed by atoms with Gasteiger partial charge in [-0.3, -0.25) is 0 Å². The SMILES string of the molecule is Cn1c(-c2cnc(N3CCC4(CCOC4)CC3)c(CO)n2)cc2ccccc21. The smallest absolute Gasteiger partial charge is 0.152 e. The molecule has 0 unspecified atom stereocenters. The second kappa shape index (κ2) is 6.87. The Morgan fingerprint density at radius 1 is 1.18 bits per heavy atom. The number of aromatic nitrogens is 3. The highest BCUT2D eigenvalue weighted by molar-refractivity contribution is 5.86. The van der Waals surface area contributed by atoms with E-state index in [1.54, 1.807) is 0 Å². The van der Waals surface area contributed by atoms with E-state index in [-0.39, 0.29) is 6.61 Å². The van der Waals surface area contributed by atoms with Crippen LogP contribution in [0.2, 0.25) is 0 Å². The van der Waals surface area contributed by atoms with Gasteiger partial charge in [-0.15, -0.1) is 0 Å². The van der Waals surface area contributed by atoms with Crippen LogP contribution in [-0.4, -0.2) is 45.9 Å². The Morgan fingerprint density at radius 3 is 2.71 bits per heavy atom. The van der Waals surface area contributed by atoms with Crippen LogP contribution in [-0.2, 0) is 18.4 Å². The summed E-state index contributed by atoms with van der Waals surface area (Å²) in [6.45, 7) is 3.56. The fourth-order valence-corrected chi connectivity index (χ4v) is 4.69. The first kappa shape index (κ1) is 17.6. The van der Waals surface area contributed by atoms with Gasteiger partial charge >= 0.3 is 0 Å². The van der Waals surface area contributed by atoms with Gasteiger partial charge in [0.1, 0.15) is 11.4 Å². The van der Waals surface area contributed by atoms with Crippen LogP contribution in [0.15, 0.2) is 36.5 Å². The van der Waals surface area contributed by atoms with E-state index < -0.39 is 0 Å². The zero-order chi connectivity index (χ0) is 19.1. The molecule has 0 saturated carbocycles. The minimum Gasteiger partial charge on any atom is -0.390 e. The summed E-state index contributed by atoms with van der Waals surface area (Å²) in [4.78, 5) is 11.8. The number of aliphatic hydroxyl groups excluding tert-OH is 1. The zero-order valence-corrected chi connectivity index (χ0v) is 16.3. The van der Waals surface area contributed by atoms with Crippen molar-refractivity contribution in [2.75, 3.05) is 31.2 Å². The van der Waals surface area contributed by atoms with Crippen LogP contribution in [0.25, 0.3) is 22.3 Å². The lowest BCUT2D eigenvalue weighted by Gasteiger charge is -2.39. The Bertz CT molecular complexity index is 997. The van der Waals surface area contributed by atoms with Gasteiger partial charge in [-0.05, 0) is 36.8 Å². The van der Waals surface area contributed by atoms with Gasteiger partial charge in [0.05, 0.1) is 25.1 Å².